The molecule has 0 aromatic carbocycles. The molecule has 1 N–H and O–H groups in total. The van der Waals surface area contributed by atoms with Gasteiger partial charge in [-0.3, -0.25) is 0 Å². The third-order valence-electron chi connectivity index (χ3n) is 0. The second kappa shape index (κ2) is 76.7. The van der Waals surface area contributed by atoms with Gasteiger partial charge in [-0.1, -0.05) is 6.92 Å². The fourth-order valence-electron chi connectivity index (χ4n) is 0. The summed E-state index contributed by atoms with van der Waals surface area (Å²) in [5, 5.41) is 0. The molecule has 0 fully saturated rings. The molecule has 1 nitrogen and oxygen atoms in total. The Labute approximate surface area is 63.0 Å². The van der Waals surface area contributed by atoms with Crippen LogP contribution in [0.1, 0.15) is 6.92 Å². The molecule has 0 amide bonds. The Morgan fingerprint density at radius 2 is 1.29 bits per heavy atom. The van der Waals surface area contributed by atoms with E-state index in [0.29, 0.717) is 6.54 Å². The van der Waals surface area contributed by atoms with Crippen molar-refractivity contribution in [2.75, 3.05) is 6.54 Å². The predicted molar refractivity (Wildman–Crippen MR) is 33.4 cm³/mol. The summed E-state index contributed by atoms with van der Waals surface area (Å²) in [5.41, 5.74) is 6.21. The number of rotatable bonds is 0. The molecular weight excluding hydrogens is 265 g/mol. The quantitative estimate of drug-likeness (QED) is 0.474. The van der Waals surface area contributed by atoms with Gasteiger partial charge in [0.15, 0.2) is 0 Å². The van der Waals surface area contributed by atoms with E-state index in [9.17, 15) is 0 Å². The van der Waals surface area contributed by atoms with E-state index < -0.39 is 0 Å². The number of nitrogens with one attached hydrogen (secondary N) is 1. The van der Waals surface area contributed by atoms with Crippen molar-refractivity contribution in [1.29, 1.82) is 0 Å². The van der Waals surface area contributed by atoms with Crippen molar-refractivity contribution in [1.82, 2.24) is 0 Å². The van der Waals surface area contributed by atoms with Gasteiger partial charge >= 0.3 is 20.1 Å². The second-order valence-corrected chi connectivity index (χ2v) is 0.354. The number of hydrogen-bond acceptors (Lipinski definition) is 0. The molecule has 3 radical (unpaired) electrons. The zero-order valence-electron chi connectivity index (χ0n) is 5.12. The largest absolute Gasteiger partial charge is 3.00 e. The summed E-state index contributed by atoms with van der Waals surface area (Å²) in [6.45, 7) is 2.29. The maximum absolute atomic E-state index is 6.21. The van der Waals surface area contributed by atoms with Crippen molar-refractivity contribution >= 4 is 8.41 Å². The molecule has 0 aromatic heterocycles. The molecule has 7 heavy (non-hydrogen) atoms. The van der Waals surface area contributed by atoms with Crippen LogP contribution < -0.4 is 0 Å². The Bertz CT molecular complexity index is 11.7. The van der Waals surface area contributed by atoms with Gasteiger partial charge in [0.1, 0.15) is 0 Å². The Morgan fingerprint density at radius 3 is 1.29 bits per heavy atom. The van der Waals surface area contributed by atoms with Crippen LogP contribution in [-0.2, 0) is 20.1 Å². The van der Waals surface area contributed by atoms with E-state index in [2.05, 4.69) is 0 Å². The van der Waals surface area contributed by atoms with Gasteiger partial charge in [0, 0.05) is 8.41 Å². The van der Waals surface area contributed by atoms with Gasteiger partial charge in [-0.15, -0.1) is 0 Å². The van der Waals surface area contributed by atoms with Crippen LogP contribution >= 0.6 is 0 Å². The van der Waals surface area contributed by atoms with E-state index >= 15 is 0 Å². The van der Waals surface area contributed by atoms with E-state index in [0.717, 1.165) is 0 Å². The standard InChI is InChI=1S/C2H6N.2CH3.B.Ir/c1-2-3;;;;/h3H,2H2,1H3;2*1H3;;/q3*-1;;+3. The van der Waals surface area contributed by atoms with Crippen LogP contribution in [0.5, 0.6) is 0 Å². The summed E-state index contributed by atoms with van der Waals surface area (Å²) in [5.74, 6) is 0. The van der Waals surface area contributed by atoms with E-state index in [1.54, 1.807) is 6.92 Å². The van der Waals surface area contributed by atoms with Gasteiger partial charge in [-0.25, -0.2) is 0 Å². The molecule has 0 aliphatic rings. The zero-order valence-corrected chi connectivity index (χ0v) is 7.51. The molecule has 0 spiro atoms. The van der Waals surface area contributed by atoms with Crippen LogP contribution in [0.25, 0.3) is 5.73 Å². The van der Waals surface area contributed by atoms with Gasteiger partial charge in [0.2, 0.25) is 0 Å². The Morgan fingerprint density at radius 1 is 1.29 bits per heavy atom. The van der Waals surface area contributed by atoms with Crippen molar-refractivity contribution in [2.45, 2.75) is 6.92 Å². The van der Waals surface area contributed by atoms with E-state index in [1.807, 2.05) is 0 Å². The molecule has 0 bridgehead atoms. The Balaban J connectivity index is -0.00000000333. The van der Waals surface area contributed by atoms with Crippen LogP contribution in [0.2, 0.25) is 0 Å². The SMILES string of the molecule is CC[NH-].[B].[CH3-].[CH3-].[Ir+3]. The molecule has 0 saturated carbocycles. The van der Waals surface area contributed by atoms with Gasteiger partial charge in [0.25, 0.3) is 0 Å². The monoisotopic (exact) mass is 278 g/mol. The van der Waals surface area contributed by atoms with Gasteiger partial charge in [-0.2, -0.15) is 6.54 Å². The minimum Gasteiger partial charge on any atom is -0.678 e. The van der Waals surface area contributed by atoms with Crippen LogP contribution in [-0.4, -0.2) is 15.0 Å². The van der Waals surface area contributed by atoms with E-state index in [-0.39, 0.29) is 43.4 Å². The molecule has 45 valence electrons. The normalized spacial score (nSPS) is 2.57. The average molecular weight is 277 g/mol. The minimum absolute atomic E-state index is 0. The second-order valence-electron chi connectivity index (χ2n) is 0.354. The Kier molecular flexibility index (Phi) is 523. The number of hydrogen-bond donors (Lipinski definition) is 0. The maximum atomic E-state index is 6.21. The molecule has 0 atom stereocenters. The summed E-state index contributed by atoms with van der Waals surface area (Å²) >= 11 is 0. The first-order chi connectivity index (χ1) is 1.41. The third-order valence-corrected chi connectivity index (χ3v) is 0. The molecule has 0 saturated heterocycles. The fraction of sp³-hybridized carbons (Fsp3) is 0.500. The Hall–Kier alpha value is 0.674. The first-order valence-electron chi connectivity index (χ1n) is 1.06. The van der Waals surface area contributed by atoms with Crippen molar-refractivity contribution in [3.63, 3.8) is 0 Å². The fourth-order valence-corrected chi connectivity index (χ4v) is 0. The topological polar surface area (TPSA) is 23.8 Å². The molecule has 0 rings (SSSR count). The zero-order chi connectivity index (χ0) is 2.71. The molecule has 0 aliphatic heterocycles. The smallest absolute Gasteiger partial charge is 0.678 e. The summed E-state index contributed by atoms with van der Waals surface area (Å²) < 4.78 is 0. The molecule has 0 unspecified atom stereocenters. The van der Waals surface area contributed by atoms with Gasteiger partial charge in [-0.05, 0) is 0 Å². The van der Waals surface area contributed by atoms with Crippen LogP contribution in [0.4, 0.5) is 0 Å². The minimum atomic E-state index is 0. The summed E-state index contributed by atoms with van der Waals surface area (Å²) in [6, 6.07) is 0. The summed E-state index contributed by atoms with van der Waals surface area (Å²) in [4.78, 5) is 0. The van der Waals surface area contributed by atoms with Crippen LogP contribution in [0, 0.1) is 14.9 Å². The van der Waals surface area contributed by atoms with Crippen molar-refractivity contribution in [3.8, 4) is 0 Å². The first kappa shape index (κ1) is 47.8. The molecular formula is C4H12BIrN. The molecule has 0 aromatic rings. The van der Waals surface area contributed by atoms with E-state index in [1.165, 1.54) is 0 Å². The summed E-state index contributed by atoms with van der Waals surface area (Å²) in [7, 11) is 0. The van der Waals surface area contributed by atoms with Gasteiger partial charge in [0.05, 0.1) is 0 Å². The van der Waals surface area contributed by atoms with Crippen molar-refractivity contribution in [2.24, 2.45) is 0 Å². The first-order valence-corrected chi connectivity index (χ1v) is 1.06. The maximum Gasteiger partial charge on any atom is 3.00 e. The van der Waals surface area contributed by atoms with Crippen molar-refractivity contribution < 1.29 is 20.1 Å². The van der Waals surface area contributed by atoms with Crippen LogP contribution in [0.15, 0.2) is 0 Å². The average Bonchev–Trinajstić information content (AvgIpc) is 0.918. The van der Waals surface area contributed by atoms with Crippen molar-refractivity contribution in [3.05, 3.63) is 20.6 Å². The van der Waals surface area contributed by atoms with E-state index in [4.69, 9.17) is 5.73 Å². The van der Waals surface area contributed by atoms with Crippen LogP contribution in [0.3, 0.4) is 0 Å². The van der Waals surface area contributed by atoms with Gasteiger partial charge < -0.3 is 20.6 Å². The molecule has 3 heteroatoms. The summed E-state index contributed by atoms with van der Waals surface area (Å²) in [6.07, 6.45) is 0. The molecule has 0 heterocycles. The predicted octanol–water partition coefficient (Wildman–Crippen LogP) is 1.58. The third kappa shape index (κ3) is 321. The molecule has 0 aliphatic carbocycles.